The van der Waals surface area contributed by atoms with E-state index in [0.717, 1.165) is 22.7 Å². The number of oxazole rings is 1. The molecule has 0 fully saturated rings. The molecule has 19 heavy (non-hydrogen) atoms. The maximum Gasteiger partial charge on any atom is 0.205 e. The lowest BCUT2D eigenvalue weighted by atomic mass is 10.2. The molecule has 0 aliphatic heterocycles. The first-order valence-corrected chi connectivity index (χ1v) is 7.04. The Morgan fingerprint density at radius 2 is 2.11 bits per heavy atom. The highest BCUT2D eigenvalue weighted by molar-refractivity contribution is 7.98. The maximum absolute atomic E-state index is 5.73. The summed E-state index contributed by atoms with van der Waals surface area (Å²) in [5.41, 5.74) is 9.30. The van der Waals surface area contributed by atoms with Gasteiger partial charge in [0.05, 0.1) is 5.75 Å². The Kier molecular flexibility index (Phi) is 3.17. The molecule has 2 aromatic carbocycles. The molecule has 1 aromatic heterocycles. The smallest absolute Gasteiger partial charge is 0.205 e. The summed E-state index contributed by atoms with van der Waals surface area (Å²) >= 11 is 1.72. The molecule has 0 saturated heterocycles. The summed E-state index contributed by atoms with van der Waals surface area (Å²) in [7, 11) is 0. The van der Waals surface area contributed by atoms with Crippen molar-refractivity contribution in [2.24, 2.45) is 0 Å². The zero-order valence-electron chi connectivity index (χ0n) is 10.6. The normalized spacial score (nSPS) is 11.0. The zero-order valence-corrected chi connectivity index (χ0v) is 11.4. The van der Waals surface area contributed by atoms with E-state index in [-0.39, 0.29) is 0 Å². The highest BCUT2D eigenvalue weighted by atomic mass is 32.2. The number of aryl methyl sites for hydroxylation is 1. The molecule has 0 amide bonds. The second-order valence-corrected chi connectivity index (χ2v) is 5.49. The number of nitrogens with zero attached hydrogens (tertiary/aromatic N) is 1. The Balaban J connectivity index is 1.78. The van der Waals surface area contributed by atoms with Crippen molar-refractivity contribution in [3.05, 3.63) is 53.9 Å². The second kappa shape index (κ2) is 4.97. The van der Waals surface area contributed by atoms with Crippen LogP contribution >= 0.6 is 11.8 Å². The van der Waals surface area contributed by atoms with Gasteiger partial charge in [-0.25, -0.2) is 4.98 Å². The number of thioether (sulfide) groups is 1. The molecule has 0 radical (unpaired) electrons. The Bertz CT molecular complexity index is 721. The van der Waals surface area contributed by atoms with Gasteiger partial charge in [-0.3, -0.25) is 0 Å². The lowest BCUT2D eigenvalue weighted by molar-refractivity contribution is 0.556. The fourth-order valence-electron chi connectivity index (χ4n) is 1.90. The van der Waals surface area contributed by atoms with Crippen LogP contribution in [-0.4, -0.2) is 4.98 Å². The Labute approximate surface area is 115 Å². The summed E-state index contributed by atoms with van der Waals surface area (Å²) < 4.78 is 5.69. The minimum atomic E-state index is 0.707. The first kappa shape index (κ1) is 12.1. The average molecular weight is 270 g/mol. The van der Waals surface area contributed by atoms with Crippen LogP contribution in [0, 0.1) is 6.92 Å². The predicted octanol–water partition coefficient (Wildman–Crippen LogP) is 4.01. The van der Waals surface area contributed by atoms with E-state index in [2.05, 4.69) is 36.2 Å². The first-order chi connectivity index (χ1) is 9.20. The van der Waals surface area contributed by atoms with Crippen molar-refractivity contribution in [1.82, 2.24) is 4.98 Å². The summed E-state index contributed by atoms with van der Waals surface area (Å²) in [4.78, 5) is 5.67. The van der Waals surface area contributed by atoms with E-state index in [1.807, 2.05) is 18.2 Å². The van der Waals surface area contributed by atoms with Crippen LogP contribution in [0.3, 0.4) is 0 Å². The second-order valence-electron chi connectivity index (χ2n) is 4.44. The number of aromatic nitrogens is 1. The van der Waals surface area contributed by atoms with Gasteiger partial charge in [0.15, 0.2) is 5.58 Å². The van der Waals surface area contributed by atoms with Gasteiger partial charge in [0.25, 0.3) is 0 Å². The van der Waals surface area contributed by atoms with Crippen LogP contribution in [0.2, 0.25) is 0 Å². The number of nitrogen functional groups attached to an aromatic ring is 1. The lowest BCUT2D eigenvalue weighted by Gasteiger charge is -1.99. The van der Waals surface area contributed by atoms with Crippen molar-refractivity contribution in [3.8, 4) is 0 Å². The van der Waals surface area contributed by atoms with Gasteiger partial charge in [0.1, 0.15) is 5.52 Å². The van der Waals surface area contributed by atoms with Gasteiger partial charge in [0, 0.05) is 10.6 Å². The van der Waals surface area contributed by atoms with Gasteiger partial charge in [0.2, 0.25) is 5.89 Å². The third kappa shape index (κ3) is 2.74. The Hall–Kier alpha value is -1.94. The molecule has 3 rings (SSSR count). The van der Waals surface area contributed by atoms with E-state index >= 15 is 0 Å². The third-order valence-electron chi connectivity index (χ3n) is 2.81. The Morgan fingerprint density at radius 3 is 2.95 bits per heavy atom. The molecule has 0 saturated carbocycles. The van der Waals surface area contributed by atoms with Crippen molar-refractivity contribution in [1.29, 1.82) is 0 Å². The van der Waals surface area contributed by atoms with E-state index in [9.17, 15) is 0 Å². The molecule has 1 heterocycles. The minimum absolute atomic E-state index is 0.707. The first-order valence-electron chi connectivity index (χ1n) is 6.05. The standard InChI is InChI=1S/C15H14N2OS/c1-10-3-2-4-12(7-10)19-9-15-17-13-8-11(16)5-6-14(13)18-15/h2-8H,9,16H2,1H3. The SMILES string of the molecule is Cc1cccc(SCc2nc3cc(N)ccc3o2)c1. The molecule has 96 valence electrons. The van der Waals surface area contributed by atoms with Crippen LogP contribution in [0.25, 0.3) is 11.1 Å². The van der Waals surface area contributed by atoms with E-state index in [0.29, 0.717) is 5.69 Å². The van der Waals surface area contributed by atoms with Crippen molar-refractivity contribution in [3.63, 3.8) is 0 Å². The highest BCUT2D eigenvalue weighted by Gasteiger charge is 2.06. The van der Waals surface area contributed by atoms with Gasteiger partial charge in [-0.05, 0) is 37.3 Å². The summed E-state index contributed by atoms with van der Waals surface area (Å²) in [6, 6.07) is 13.9. The summed E-state index contributed by atoms with van der Waals surface area (Å²) in [6.45, 7) is 2.09. The quantitative estimate of drug-likeness (QED) is 0.577. The molecule has 0 bridgehead atoms. The number of nitrogens with two attached hydrogens (primary N) is 1. The molecular weight excluding hydrogens is 256 g/mol. The lowest BCUT2D eigenvalue weighted by Crippen LogP contribution is -1.83. The van der Waals surface area contributed by atoms with Gasteiger partial charge in [-0.15, -0.1) is 11.8 Å². The molecule has 3 nitrogen and oxygen atoms in total. The number of benzene rings is 2. The molecular formula is C15H14N2OS. The molecule has 2 N–H and O–H groups in total. The number of rotatable bonds is 3. The summed E-state index contributed by atoms with van der Waals surface area (Å²) in [6.07, 6.45) is 0. The van der Waals surface area contributed by atoms with Gasteiger partial charge in [-0.1, -0.05) is 17.7 Å². The van der Waals surface area contributed by atoms with Crippen molar-refractivity contribution >= 4 is 28.5 Å². The van der Waals surface area contributed by atoms with E-state index < -0.39 is 0 Å². The van der Waals surface area contributed by atoms with Crippen LogP contribution in [-0.2, 0) is 5.75 Å². The maximum atomic E-state index is 5.73. The van der Waals surface area contributed by atoms with Crippen LogP contribution in [0.15, 0.2) is 51.8 Å². The topological polar surface area (TPSA) is 52.0 Å². The van der Waals surface area contributed by atoms with Crippen LogP contribution in [0.4, 0.5) is 5.69 Å². The van der Waals surface area contributed by atoms with Crippen LogP contribution < -0.4 is 5.73 Å². The molecule has 0 aliphatic rings. The summed E-state index contributed by atoms with van der Waals surface area (Å²) in [5, 5.41) is 0. The van der Waals surface area contributed by atoms with Crippen molar-refractivity contribution in [2.45, 2.75) is 17.6 Å². The molecule has 4 heteroatoms. The number of anilines is 1. The zero-order chi connectivity index (χ0) is 13.2. The van der Waals surface area contributed by atoms with Crippen molar-refractivity contribution < 1.29 is 4.42 Å². The molecule has 0 aliphatic carbocycles. The van der Waals surface area contributed by atoms with Crippen LogP contribution in [0.5, 0.6) is 0 Å². The third-order valence-corrected chi connectivity index (χ3v) is 3.79. The largest absolute Gasteiger partial charge is 0.440 e. The number of hydrogen-bond donors (Lipinski definition) is 1. The molecule has 0 unspecified atom stereocenters. The fraction of sp³-hybridized carbons (Fsp3) is 0.133. The van der Waals surface area contributed by atoms with Gasteiger partial charge in [-0.2, -0.15) is 0 Å². The monoisotopic (exact) mass is 270 g/mol. The van der Waals surface area contributed by atoms with Gasteiger partial charge < -0.3 is 10.2 Å². The predicted molar refractivity (Wildman–Crippen MR) is 79.2 cm³/mol. The summed E-state index contributed by atoms with van der Waals surface area (Å²) in [5.74, 6) is 1.45. The molecule has 3 aromatic rings. The number of hydrogen-bond acceptors (Lipinski definition) is 4. The average Bonchev–Trinajstić information content (AvgIpc) is 2.78. The Morgan fingerprint density at radius 1 is 1.21 bits per heavy atom. The number of fused-ring (bicyclic) bond motifs is 1. The van der Waals surface area contributed by atoms with E-state index in [1.165, 1.54) is 10.5 Å². The van der Waals surface area contributed by atoms with Crippen molar-refractivity contribution in [2.75, 3.05) is 5.73 Å². The molecule has 0 atom stereocenters. The molecule has 0 spiro atoms. The highest BCUT2D eigenvalue weighted by Crippen LogP contribution is 2.25. The minimum Gasteiger partial charge on any atom is -0.440 e. The van der Waals surface area contributed by atoms with Crippen LogP contribution in [0.1, 0.15) is 11.5 Å². The van der Waals surface area contributed by atoms with E-state index in [1.54, 1.807) is 11.8 Å². The fourth-order valence-corrected chi connectivity index (χ4v) is 2.76. The van der Waals surface area contributed by atoms with Gasteiger partial charge >= 0.3 is 0 Å². The van der Waals surface area contributed by atoms with E-state index in [4.69, 9.17) is 10.2 Å².